The molecule has 4 heteroatoms. The van der Waals surface area contributed by atoms with Crippen LogP contribution in [0, 0.1) is 0 Å². The molecule has 2 aromatic carbocycles. The lowest BCUT2D eigenvalue weighted by Crippen LogP contribution is -2.12. The van der Waals surface area contributed by atoms with E-state index in [0.717, 1.165) is 16.6 Å². The summed E-state index contributed by atoms with van der Waals surface area (Å²) in [5, 5.41) is 3.44. The van der Waals surface area contributed by atoms with Crippen molar-refractivity contribution >= 4 is 37.4 Å². The Hall–Kier alpha value is -1.36. The van der Waals surface area contributed by atoms with E-state index >= 15 is 0 Å². The lowest BCUT2D eigenvalue weighted by atomic mass is 9.99. The highest BCUT2D eigenvalue weighted by atomic mass is 79.9. The second-order valence-electron chi connectivity index (χ2n) is 4.97. The van der Waals surface area contributed by atoms with Crippen molar-refractivity contribution in [2.75, 3.05) is 7.11 Å². The Morgan fingerprint density at radius 1 is 1.24 bits per heavy atom. The molecule has 0 amide bonds. The molecule has 3 rings (SSSR count). The summed E-state index contributed by atoms with van der Waals surface area (Å²) >= 11 is 5.27. The summed E-state index contributed by atoms with van der Waals surface area (Å²) in [7, 11) is 1.67. The first-order chi connectivity index (χ1) is 10.2. The topological polar surface area (TPSA) is 35.2 Å². The molecule has 0 fully saturated rings. The molecule has 0 spiro atoms. The van der Waals surface area contributed by atoms with Gasteiger partial charge in [0.1, 0.15) is 5.75 Å². The molecule has 0 aliphatic carbocycles. The summed E-state index contributed by atoms with van der Waals surface area (Å²) in [5.41, 5.74) is 8.84. The lowest BCUT2D eigenvalue weighted by molar-refractivity contribution is 0.412. The minimum Gasteiger partial charge on any atom is -0.496 e. The van der Waals surface area contributed by atoms with Crippen LogP contribution in [-0.4, -0.2) is 7.11 Å². The van der Waals surface area contributed by atoms with Crippen molar-refractivity contribution < 1.29 is 4.74 Å². The van der Waals surface area contributed by atoms with E-state index in [4.69, 9.17) is 10.5 Å². The molecule has 1 heterocycles. The predicted molar refractivity (Wildman–Crippen MR) is 93.2 cm³/mol. The zero-order valence-electron chi connectivity index (χ0n) is 11.7. The van der Waals surface area contributed by atoms with Gasteiger partial charge < -0.3 is 10.5 Å². The van der Waals surface area contributed by atoms with Gasteiger partial charge in [0.05, 0.1) is 11.6 Å². The van der Waals surface area contributed by atoms with Crippen LogP contribution in [0.3, 0.4) is 0 Å². The molecule has 2 N–H and O–H groups in total. The lowest BCUT2D eigenvalue weighted by Gasteiger charge is -2.12. The standard InChI is InChI=1S/C17H16BrNOS/c1-20-16-7-6-11(8-14(16)18)9-15(19)13-10-21-17-5-3-2-4-12(13)17/h2-8,10,15H,9,19H2,1H3. The maximum atomic E-state index is 6.42. The molecule has 0 saturated carbocycles. The van der Waals surface area contributed by atoms with Gasteiger partial charge in [-0.05, 0) is 62.4 Å². The van der Waals surface area contributed by atoms with Crippen LogP contribution in [0.1, 0.15) is 17.2 Å². The molecule has 0 aliphatic heterocycles. The highest BCUT2D eigenvalue weighted by Crippen LogP contribution is 2.32. The number of hydrogen-bond donors (Lipinski definition) is 1. The summed E-state index contributed by atoms with van der Waals surface area (Å²) in [6.07, 6.45) is 0.809. The highest BCUT2D eigenvalue weighted by Gasteiger charge is 2.13. The predicted octanol–water partition coefficient (Wildman–Crippen LogP) is 4.91. The third-order valence-electron chi connectivity index (χ3n) is 3.58. The first-order valence-electron chi connectivity index (χ1n) is 6.73. The minimum absolute atomic E-state index is 0.00134. The van der Waals surface area contributed by atoms with E-state index < -0.39 is 0 Å². The Labute approximate surface area is 136 Å². The normalized spacial score (nSPS) is 12.5. The van der Waals surface area contributed by atoms with Gasteiger partial charge in [0.25, 0.3) is 0 Å². The molecule has 0 aliphatic rings. The fourth-order valence-electron chi connectivity index (χ4n) is 2.49. The van der Waals surface area contributed by atoms with Gasteiger partial charge >= 0.3 is 0 Å². The molecule has 0 bridgehead atoms. The summed E-state index contributed by atoms with van der Waals surface area (Å²) in [6, 6.07) is 14.5. The summed E-state index contributed by atoms with van der Waals surface area (Å²) in [4.78, 5) is 0. The molecule has 3 aromatic rings. The Bertz CT molecular complexity index is 768. The van der Waals surface area contributed by atoms with E-state index in [1.165, 1.54) is 21.2 Å². The van der Waals surface area contributed by atoms with Gasteiger partial charge in [-0.3, -0.25) is 0 Å². The third-order valence-corrected chi connectivity index (χ3v) is 5.18. The van der Waals surface area contributed by atoms with E-state index in [1.54, 1.807) is 18.4 Å². The first-order valence-corrected chi connectivity index (χ1v) is 8.40. The fraction of sp³-hybridized carbons (Fsp3) is 0.176. The smallest absolute Gasteiger partial charge is 0.133 e. The first kappa shape index (κ1) is 14.6. The zero-order valence-corrected chi connectivity index (χ0v) is 14.1. The number of fused-ring (bicyclic) bond motifs is 1. The van der Waals surface area contributed by atoms with Crippen LogP contribution in [0.2, 0.25) is 0 Å². The molecule has 108 valence electrons. The van der Waals surface area contributed by atoms with Crippen LogP contribution >= 0.6 is 27.3 Å². The summed E-state index contributed by atoms with van der Waals surface area (Å²) in [5.74, 6) is 0.841. The average molecular weight is 362 g/mol. The van der Waals surface area contributed by atoms with Gasteiger partial charge in [0, 0.05) is 10.7 Å². The quantitative estimate of drug-likeness (QED) is 0.715. The third kappa shape index (κ3) is 2.98. The monoisotopic (exact) mass is 361 g/mol. The van der Waals surface area contributed by atoms with Crippen LogP contribution in [0.4, 0.5) is 0 Å². The molecular formula is C17H16BrNOS. The van der Waals surface area contributed by atoms with E-state index in [-0.39, 0.29) is 6.04 Å². The van der Waals surface area contributed by atoms with Crippen molar-refractivity contribution in [2.24, 2.45) is 5.73 Å². The van der Waals surface area contributed by atoms with Crippen LogP contribution < -0.4 is 10.5 Å². The number of ether oxygens (including phenoxy) is 1. The molecule has 2 nitrogen and oxygen atoms in total. The molecule has 1 atom stereocenters. The average Bonchev–Trinajstić information content (AvgIpc) is 2.91. The maximum absolute atomic E-state index is 6.42. The van der Waals surface area contributed by atoms with Crippen molar-refractivity contribution in [1.29, 1.82) is 0 Å². The number of thiophene rings is 1. The van der Waals surface area contributed by atoms with Crippen LogP contribution in [0.25, 0.3) is 10.1 Å². The highest BCUT2D eigenvalue weighted by molar-refractivity contribution is 9.10. The fourth-order valence-corrected chi connectivity index (χ4v) is 4.10. The zero-order chi connectivity index (χ0) is 14.8. The van der Waals surface area contributed by atoms with Gasteiger partial charge in [-0.2, -0.15) is 0 Å². The number of halogens is 1. The van der Waals surface area contributed by atoms with Crippen molar-refractivity contribution in [3.8, 4) is 5.75 Å². The Morgan fingerprint density at radius 2 is 2.05 bits per heavy atom. The van der Waals surface area contributed by atoms with Gasteiger partial charge in [-0.1, -0.05) is 24.3 Å². The second-order valence-corrected chi connectivity index (χ2v) is 6.73. The van der Waals surface area contributed by atoms with Gasteiger partial charge in [-0.15, -0.1) is 11.3 Å². The number of rotatable bonds is 4. The summed E-state index contributed by atoms with van der Waals surface area (Å²) < 4.78 is 7.51. The SMILES string of the molecule is COc1ccc(CC(N)c2csc3ccccc23)cc1Br. The molecule has 1 aromatic heterocycles. The largest absolute Gasteiger partial charge is 0.496 e. The second kappa shape index (κ2) is 6.18. The molecule has 0 saturated heterocycles. The Balaban J connectivity index is 1.86. The molecule has 21 heavy (non-hydrogen) atoms. The van der Waals surface area contributed by atoms with Crippen molar-refractivity contribution in [3.05, 3.63) is 63.4 Å². The Morgan fingerprint density at radius 3 is 2.81 bits per heavy atom. The number of methoxy groups -OCH3 is 1. The number of benzene rings is 2. The van der Waals surface area contributed by atoms with Crippen LogP contribution in [0.15, 0.2) is 52.3 Å². The van der Waals surface area contributed by atoms with Gasteiger partial charge in [-0.25, -0.2) is 0 Å². The van der Waals surface area contributed by atoms with E-state index in [2.05, 4.69) is 57.7 Å². The van der Waals surface area contributed by atoms with Gasteiger partial charge in [0.2, 0.25) is 0 Å². The van der Waals surface area contributed by atoms with Crippen LogP contribution in [0.5, 0.6) is 5.75 Å². The van der Waals surface area contributed by atoms with E-state index in [0.29, 0.717) is 0 Å². The summed E-state index contributed by atoms with van der Waals surface area (Å²) in [6.45, 7) is 0. The molecule has 1 unspecified atom stereocenters. The van der Waals surface area contributed by atoms with Crippen molar-refractivity contribution in [3.63, 3.8) is 0 Å². The minimum atomic E-state index is 0.00134. The van der Waals surface area contributed by atoms with E-state index in [9.17, 15) is 0 Å². The maximum Gasteiger partial charge on any atom is 0.133 e. The molecule has 0 radical (unpaired) electrons. The molecular weight excluding hydrogens is 346 g/mol. The van der Waals surface area contributed by atoms with Crippen molar-refractivity contribution in [2.45, 2.75) is 12.5 Å². The number of hydrogen-bond acceptors (Lipinski definition) is 3. The van der Waals surface area contributed by atoms with Crippen LogP contribution in [-0.2, 0) is 6.42 Å². The van der Waals surface area contributed by atoms with Gasteiger partial charge in [0.15, 0.2) is 0 Å². The van der Waals surface area contributed by atoms with E-state index in [1.807, 2.05) is 6.07 Å². The van der Waals surface area contributed by atoms with Crippen molar-refractivity contribution in [1.82, 2.24) is 0 Å². The Kier molecular flexibility index (Phi) is 4.29. The number of nitrogens with two attached hydrogens (primary N) is 1.